The second kappa shape index (κ2) is 8.00. The lowest BCUT2D eigenvalue weighted by molar-refractivity contribution is -0.134. The van der Waals surface area contributed by atoms with E-state index in [9.17, 15) is 10.1 Å². The van der Waals surface area contributed by atoms with E-state index < -0.39 is 5.54 Å². The fraction of sp³-hybridized carbons (Fsp3) is 0.423. The number of benzene rings is 2. The molecule has 3 unspecified atom stereocenters. The molecule has 2 aromatic rings. The highest BCUT2D eigenvalue weighted by Crippen LogP contribution is 2.49. The zero-order valence-electron chi connectivity index (χ0n) is 19.5. The number of rotatable bonds is 2. The van der Waals surface area contributed by atoms with Gasteiger partial charge in [-0.05, 0) is 68.1 Å². The van der Waals surface area contributed by atoms with E-state index in [1.54, 1.807) is 25.2 Å². The summed E-state index contributed by atoms with van der Waals surface area (Å²) in [6, 6.07) is 13.1. The number of likely N-dealkylation sites (N-methyl/N-ethyl adjacent to an activating group) is 1. The lowest BCUT2D eigenvalue weighted by Crippen LogP contribution is -2.49. The number of amides is 1. The third kappa shape index (κ3) is 3.71. The lowest BCUT2D eigenvalue weighted by atomic mass is 9.74. The SMILES string of the molecule is CN1C(=O)C2(CC(C3CCOC(C)(C)C3)Oc3ccc(-c4cc(Cl)cc(C#N)c4)cc32)N=C1N. The van der Waals surface area contributed by atoms with Crippen molar-refractivity contribution in [3.63, 3.8) is 0 Å². The molecule has 3 heterocycles. The number of fused-ring (bicyclic) bond motifs is 2. The van der Waals surface area contributed by atoms with Gasteiger partial charge in [-0.3, -0.25) is 9.69 Å². The van der Waals surface area contributed by atoms with Crippen LogP contribution in [0.3, 0.4) is 0 Å². The molecule has 2 aromatic carbocycles. The van der Waals surface area contributed by atoms with E-state index in [1.807, 2.05) is 18.2 Å². The third-order valence-corrected chi connectivity index (χ3v) is 7.35. The van der Waals surface area contributed by atoms with Crippen LogP contribution in [-0.4, -0.2) is 42.1 Å². The Morgan fingerprint density at radius 3 is 2.68 bits per heavy atom. The summed E-state index contributed by atoms with van der Waals surface area (Å²) in [6.45, 7) is 4.83. The van der Waals surface area contributed by atoms with Crippen molar-refractivity contribution < 1.29 is 14.3 Å². The number of nitrogens with zero attached hydrogens (tertiary/aromatic N) is 3. The van der Waals surface area contributed by atoms with Crippen LogP contribution in [0.2, 0.25) is 5.02 Å². The molecule has 34 heavy (non-hydrogen) atoms. The van der Waals surface area contributed by atoms with E-state index in [1.165, 1.54) is 4.90 Å². The third-order valence-electron chi connectivity index (χ3n) is 7.13. The average molecular weight is 479 g/mol. The molecular formula is C26H27ClN4O3. The monoisotopic (exact) mass is 478 g/mol. The van der Waals surface area contributed by atoms with Crippen molar-refractivity contribution in [1.82, 2.24) is 4.90 Å². The number of carbonyl (C=O) groups is 1. The predicted molar refractivity (Wildman–Crippen MR) is 129 cm³/mol. The second-order valence-corrected chi connectivity index (χ2v) is 10.4. The maximum absolute atomic E-state index is 13.6. The molecule has 1 amide bonds. The first-order valence-electron chi connectivity index (χ1n) is 11.4. The van der Waals surface area contributed by atoms with Gasteiger partial charge in [0.2, 0.25) is 0 Å². The first kappa shape index (κ1) is 22.7. The number of aliphatic imine (C=N–C) groups is 1. The molecular weight excluding hydrogens is 452 g/mol. The zero-order valence-corrected chi connectivity index (χ0v) is 20.2. The lowest BCUT2D eigenvalue weighted by Gasteiger charge is -2.44. The highest BCUT2D eigenvalue weighted by Gasteiger charge is 2.55. The maximum Gasteiger partial charge on any atom is 0.261 e. The topological polar surface area (TPSA) is 101 Å². The number of carbonyl (C=O) groups excluding carboxylic acids is 1. The molecule has 7 nitrogen and oxygen atoms in total. The molecule has 0 radical (unpaired) electrons. The number of ether oxygens (including phenoxy) is 2. The Morgan fingerprint density at radius 1 is 1.21 bits per heavy atom. The van der Waals surface area contributed by atoms with Gasteiger partial charge in [0.05, 0.1) is 17.2 Å². The second-order valence-electron chi connectivity index (χ2n) is 9.97. The minimum Gasteiger partial charge on any atom is -0.490 e. The van der Waals surface area contributed by atoms with Crippen molar-refractivity contribution in [3.05, 3.63) is 52.5 Å². The summed E-state index contributed by atoms with van der Waals surface area (Å²) in [5.41, 5.74) is 7.51. The molecule has 0 aromatic heterocycles. The Morgan fingerprint density at radius 2 is 2.00 bits per heavy atom. The van der Waals surface area contributed by atoms with Gasteiger partial charge in [-0.15, -0.1) is 0 Å². The Bertz CT molecular complexity index is 1250. The molecule has 1 fully saturated rings. The molecule has 3 aliphatic heterocycles. The smallest absolute Gasteiger partial charge is 0.261 e. The molecule has 3 atom stereocenters. The molecule has 176 valence electrons. The number of halogens is 1. The molecule has 5 rings (SSSR count). The summed E-state index contributed by atoms with van der Waals surface area (Å²) >= 11 is 6.25. The summed E-state index contributed by atoms with van der Waals surface area (Å²) in [5, 5.41) is 9.83. The van der Waals surface area contributed by atoms with Gasteiger partial charge in [0.15, 0.2) is 11.5 Å². The van der Waals surface area contributed by atoms with Crippen molar-refractivity contribution >= 4 is 23.5 Å². The summed E-state index contributed by atoms with van der Waals surface area (Å²) in [6.07, 6.45) is 1.92. The van der Waals surface area contributed by atoms with Crippen LogP contribution >= 0.6 is 11.6 Å². The van der Waals surface area contributed by atoms with Gasteiger partial charge in [-0.25, -0.2) is 4.99 Å². The molecule has 1 saturated heterocycles. The normalized spacial score (nSPS) is 27.7. The fourth-order valence-corrected chi connectivity index (χ4v) is 5.66. The summed E-state index contributed by atoms with van der Waals surface area (Å²) in [4.78, 5) is 19.7. The Hall–Kier alpha value is -3.08. The van der Waals surface area contributed by atoms with Crippen molar-refractivity contribution in [3.8, 4) is 22.9 Å². The van der Waals surface area contributed by atoms with Crippen LogP contribution in [0.5, 0.6) is 5.75 Å². The van der Waals surface area contributed by atoms with Gasteiger partial charge in [0.25, 0.3) is 5.91 Å². The fourth-order valence-electron chi connectivity index (χ4n) is 5.43. The molecule has 1 spiro atoms. The maximum atomic E-state index is 13.6. The van der Waals surface area contributed by atoms with Crippen molar-refractivity contribution in [2.45, 2.75) is 50.4 Å². The van der Waals surface area contributed by atoms with Crippen LogP contribution < -0.4 is 10.5 Å². The van der Waals surface area contributed by atoms with E-state index in [2.05, 4.69) is 19.9 Å². The zero-order chi connectivity index (χ0) is 24.3. The van der Waals surface area contributed by atoms with Crippen LogP contribution in [0.1, 0.15) is 44.2 Å². The van der Waals surface area contributed by atoms with Gasteiger partial charge in [0, 0.05) is 36.6 Å². The highest BCUT2D eigenvalue weighted by molar-refractivity contribution is 6.31. The summed E-state index contributed by atoms with van der Waals surface area (Å²) < 4.78 is 12.4. The number of guanidine groups is 1. The predicted octanol–water partition coefficient (Wildman–Crippen LogP) is 4.22. The molecule has 0 aliphatic carbocycles. The first-order chi connectivity index (χ1) is 16.1. The number of nitrogens with two attached hydrogens (primary N) is 1. The number of hydrogen-bond acceptors (Lipinski definition) is 6. The molecule has 8 heteroatoms. The van der Waals surface area contributed by atoms with Crippen LogP contribution in [0.15, 0.2) is 41.4 Å². The van der Waals surface area contributed by atoms with Crippen molar-refractivity contribution in [2.24, 2.45) is 16.6 Å². The molecule has 2 N–H and O–H groups in total. The van der Waals surface area contributed by atoms with E-state index in [0.29, 0.717) is 34.9 Å². The molecule has 0 bridgehead atoms. The van der Waals surface area contributed by atoms with Crippen molar-refractivity contribution in [2.75, 3.05) is 13.7 Å². The largest absolute Gasteiger partial charge is 0.490 e. The van der Waals surface area contributed by atoms with Gasteiger partial charge < -0.3 is 15.2 Å². The minimum atomic E-state index is -1.15. The van der Waals surface area contributed by atoms with Gasteiger partial charge in [0.1, 0.15) is 11.9 Å². The quantitative estimate of drug-likeness (QED) is 0.696. The van der Waals surface area contributed by atoms with Crippen molar-refractivity contribution in [1.29, 1.82) is 5.26 Å². The molecule has 0 saturated carbocycles. The van der Waals surface area contributed by atoms with E-state index >= 15 is 0 Å². The summed E-state index contributed by atoms with van der Waals surface area (Å²) in [7, 11) is 1.65. The van der Waals surface area contributed by atoms with E-state index in [-0.39, 0.29) is 29.5 Å². The van der Waals surface area contributed by atoms with Crippen LogP contribution in [-0.2, 0) is 15.1 Å². The number of nitriles is 1. The van der Waals surface area contributed by atoms with Crippen LogP contribution in [0.25, 0.3) is 11.1 Å². The van der Waals surface area contributed by atoms with E-state index in [0.717, 1.165) is 24.0 Å². The first-order valence-corrected chi connectivity index (χ1v) is 11.8. The Balaban J connectivity index is 1.61. The van der Waals surface area contributed by atoms with Gasteiger partial charge in [-0.2, -0.15) is 5.26 Å². The summed E-state index contributed by atoms with van der Waals surface area (Å²) in [5.74, 6) is 0.900. The molecule has 3 aliphatic rings. The minimum absolute atomic E-state index is 0.160. The number of hydrogen-bond donors (Lipinski definition) is 1. The Kier molecular flexibility index (Phi) is 5.34. The Labute approximate surface area is 204 Å². The van der Waals surface area contributed by atoms with Crippen LogP contribution in [0, 0.1) is 17.2 Å². The van der Waals surface area contributed by atoms with Gasteiger partial charge >= 0.3 is 0 Å². The van der Waals surface area contributed by atoms with Crippen LogP contribution in [0.4, 0.5) is 0 Å². The average Bonchev–Trinajstić information content (AvgIpc) is 3.01. The van der Waals surface area contributed by atoms with Gasteiger partial charge in [-0.1, -0.05) is 17.7 Å². The standard InChI is InChI=1S/C26H27ClN4O3/c1-25(2)12-17(6-7-33-25)22-13-26(23(32)31(3)24(29)30-26)20-11-16(4-5-21(20)34-22)18-8-15(14-28)9-19(27)10-18/h4-5,8-11,17,22H,6-7,12-13H2,1-3H3,(H2,29,30). The van der Waals surface area contributed by atoms with E-state index in [4.69, 9.17) is 31.8 Å². The highest BCUT2D eigenvalue weighted by atomic mass is 35.5.